The zero-order valence-corrected chi connectivity index (χ0v) is 17.4. The summed E-state index contributed by atoms with van der Waals surface area (Å²) in [6.45, 7) is 4.82. The molecule has 0 saturated carbocycles. The zero-order chi connectivity index (χ0) is 18.0. The summed E-state index contributed by atoms with van der Waals surface area (Å²) in [7, 11) is -7.37. The van der Waals surface area contributed by atoms with Gasteiger partial charge in [0.05, 0.1) is 9.92 Å². The van der Waals surface area contributed by atoms with Crippen molar-refractivity contribution in [3.8, 4) is 0 Å². The van der Waals surface area contributed by atoms with Crippen molar-refractivity contribution in [2.75, 3.05) is 25.9 Å². The average Bonchev–Trinajstić information content (AvgIpc) is 2.48. The Hall–Kier alpha value is -0.380. The van der Waals surface area contributed by atoms with Gasteiger partial charge in [0.1, 0.15) is 4.90 Å². The molecule has 1 aliphatic rings. The lowest BCUT2D eigenvalue weighted by Gasteiger charge is -2.31. The highest BCUT2D eigenvalue weighted by atomic mass is 35.5. The molecule has 1 aliphatic heterocycles. The number of halogens is 2. The largest absolute Gasteiger partial charge is 0.303 e. The summed E-state index contributed by atoms with van der Waals surface area (Å²) in [6, 6.07) is 3.56. The number of nitrogens with zero attached hydrogens (tertiary/aromatic N) is 1. The highest BCUT2D eigenvalue weighted by molar-refractivity contribution is 7.91. The molecule has 0 bridgehead atoms. The lowest BCUT2D eigenvalue weighted by molar-refractivity contribution is 0.208. The number of nitrogens with one attached hydrogen (secondary N) is 1. The Morgan fingerprint density at radius 2 is 1.80 bits per heavy atom. The van der Waals surface area contributed by atoms with E-state index in [1.54, 1.807) is 0 Å². The summed E-state index contributed by atoms with van der Waals surface area (Å²) >= 11 is 5.99. The first-order valence-electron chi connectivity index (χ1n) is 7.88. The van der Waals surface area contributed by atoms with E-state index < -0.39 is 19.9 Å². The first-order valence-corrected chi connectivity index (χ1v) is 11.6. The number of hydrogen-bond donors (Lipinski definition) is 1. The summed E-state index contributed by atoms with van der Waals surface area (Å²) in [5.74, 6) is 0. The monoisotopic (exact) mass is 430 g/mol. The van der Waals surface area contributed by atoms with Crippen molar-refractivity contribution in [3.63, 3.8) is 0 Å². The van der Waals surface area contributed by atoms with Crippen LogP contribution in [0.1, 0.15) is 26.2 Å². The molecule has 1 fully saturated rings. The predicted octanol–water partition coefficient (Wildman–Crippen LogP) is 2.32. The van der Waals surface area contributed by atoms with E-state index in [1.165, 1.54) is 12.1 Å². The third kappa shape index (κ3) is 6.08. The molecule has 1 N–H and O–H groups in total. The van der Waals surface area contributed by atoms with Crippen LogP contribution >= 0.6 is 24.0 Å². The second-order valence-corrected chi connectivity index (χ2v) is 10.2. The van der Waals surface area contributed by atoms with Gasteiger partial charge >= 0.3 is 0 Å². The Balaban J connectivity index is 0.00000312. The number of piperidine rings is 1. The van der Waals surface area contributed by atoms with Crippen LogP contribution in [0.5, 0.6) is 0 Å². The van der Waals surface area contributed by atoms with Gasteiger partial charge in [-0.1, -0.05) is 18.5 Å². The maximum atomic E-state index is 12.6. The molecule has 144 valence electrons. The van der Waals surface area contributed by atoms with Gasteiger partial charge in [0.25, 0.3) is 0 Å². The number of benzene rings is 1. The van der Waals surface area contributed by atoms with Crippen molar-refractivity contribution < 1.29 is 16.8 Å². The van der Waals surface area contributed by atoms with Crippen molar-refractivity contribution in [2.24, 2.45) is 0 Å². The van der Waals surface area contributed by atoms with Gasteiger partial charge in [0.15, 0.2) is 9.84 Å². The number of rotatable bonds is 6. The molecule has 0 spiro atoms. The topological polar surface area (TPSA) is 83.6 Å². The van der Waals surface area contributed by atoms with Crippen LogP contribution in [-0.4, -0.2) is 53.7 Å². The Morgan fingerprint density at radius 3 is 2.32 bits per heavy atom. The number of sulfone groups is 1. The van der Waals surface area contributed by atoms with Crippen LogP contribution in [0.25, 0.3) is 0 Å². The lowest BCUT2D eigenvalue weighted by Crippen LogP contribution is -2.44. The summed E-state index contributed by atoms with van der Waals surface area (Å²) in [5, 5.41) is 0.0123. The molecule has 0 aliphatic carbocycles. The summed E-state index contributed by atoms with van der Waals surface area (Å²) in [6.07, 6.45) is 3.55. The fourth-order valence-corrected chi connectivity index (χ4v) is 5.35. The summed E-state index contributed by atoms with van der Waals surface area (Å²) in [5.41, 5.74) is 0. The molecule has 0 atom stereocenters. The van der Waals surface area contributed by atoms with Gasteiger partial charge in [0, 0.05) is 12.3 Å². The van der Waals surface area contributed by atoms with Crippen molar-refractivity contribution in [3.05, 3.63) is 23.2 Å². The van der Waals surface area contributed by atoms with Gasteiger partial charge in [-0.25, -0.2) is 21.6 Å². The van der Waals surface area contributed by atoms with Gasteiger partial charge in [-0.05, 0) is 57.1 Å². The fourth-order valence-electron chi connectivity index (χ4n) is 2.79. The Labute approximate surface area is 161 Å². The van der Waals surface area contributed by atoms with Crippen LogP contribution in [0.3, 0.4) is 0 Å². The summed E-state index contributed by atoms with van der Waals surface area (Å²) in [4.78, 5) is 2.05. The van der Waals surface area contributed by atoms with Gasteiger partial charge in [-0.15, -0.1) is 12.4 Å². The average molecular weight is 431 g/mol. The molecule has 0 unspecified atom stereocenters. The van der Waals surface area contributed by atoms with Crippen LogP contribution in [0.2, 0.25) is 5.02 Å². The standard InChI is InChI=1S/C15H23ClN2O4S2.ClH/c1-3-8-18-9-6-12(7-10-18)17-24(21,22)15-11-13(23(2,19)20)4-5-14(15)16;/h4-5,11-12,17H,3,6-10H2,1-2H3;1H. The first kappa shape index (κ1) is 22.7. The van der Waals surface area contributed by atoms with Gasteiger partial charge in [-0.2, -0.15) is 0 Å². The third-order valence-electron chi connectivity index (χ3n) is 4.07. The molecule has 25 heavy (non-hydrogen) atoms. The highest BCUT2D eigenvalue weighted by Gasteiger charge is 2.26. The molecule has 1 aromatic rings. The van der Waals surface area contributed by atoms with Crippen LogP contribution < -0.4 is 4.72 Å². The minimum Gasteiger partial charge on any atom is -0.303 e. The van der Waals surface area contributed by atoms with E-state index in [0.717, 1.165) is 51.2 Å². The number of sulfonamides is 1. The molecule has 1 aromatic carbocycles. The predicted molar refractivity (Wildman–Crippen MR) is 102 cm³/mol. The van der Waals surface area contributed by atoms with Crippen molar-refractivity contribution in [1.29, 1.82) is 0 Å². The van der Waals surface area contributed by atoms with Crippen LogP contribution in [0, 0.1) is 0 Å². The highest BCUT2D eigenvalue weighted by Crippen LogP contribution is 2.25. The lowest BCUT2D eigenvalue weighted by atomic mass is 10.1. The SMILES string of the molecule is CCCN1CCC(NS(=O)(=O)c2cc(S(C)(=O)=O)ccc2Cl)CC1.Cl. The first-order chi connectivity index (χ1) is 11.1. The maximum Gasteiger partial charge on any atom is 0.242 e. The molecule has 0 aromatic heterocycles. The van der Waals surface area contributed by atoms with E-state index >= 15 is 0 Å². The molecular formula is C15H24Cl2N2O4S2. The van der Waals surface area contributed by atoms with E-state index in [1.807, 2.05) is 0 Å². The minimum absolute atomic E-state index is 0. The second-order valence-electron chi connectivity index (χ2n) is 6.10. The Morgan fingerprint density at radius 1 is 1.20 bits per heavy atom. The minimum atomic E-state index is -3.87. The van der Waals surface area contributed by atoms with E-state index in [0.29, 0.717) is 0 Å². The normalized spacial score (nSPS) is 17.2. The third-order valence-corrected chi connectivity index (χ3v) is 7.18. The smallest absolute Gasteiger partial charge is 0.242 e. The molecule has 1 saturated heterocycles. The Kier molecular flexibility index (Phi) is 8.17. The van der Waals surface area contributed by atoms with Crippen molar-refractivity contribution >= 4 is 43.9 Å². The van der Waals surface area contributed by atoms with Crippen molar-refractivity contribution in [1.82, 2.24) is 9.62 Å². The van der Waals surface area contributed by atoms with Crippen LogP contribution in [0.4, 0.5) is 0 Å². The molecule has 1 heterocycles. The van der Waals surface area contributed by atoms with Gasteiger partial charge in [-0.3, -0.25) is 0 Å². The van der Waals surface area contributed by atoms with E-state index in [4.69, 9.17) is 11.6 Å². The molecule has 10 heteroatoms. The molecular weight excluding hydrogens is 407 g/mol. The zero-order valence-electron chi connectivity index (χ0n) is 14.2. The van der Waals surface area contributed by atoms with Gasteiger partial charge < -0.3 is 4.90 Å². The van der Waals surface area contributed by atoms with E-state index in [2.05, 4.69) is 16.5 Å². The van der Waals surface area contributed by atoms with E-state index in [-0.39, 0.29) is 33.3 Å². The van der Waals surface area contributed by atoms with Gasteiger partial charge in [0.2, 0.25) is 10.0 Å². The number of likely N-dealkylation sites (tertiary alicyclic amines) is 1. The second kappa shape index (κ2) is 9.01. The van der Waals surface area contributed by atoms with Crippen LogP contribution in [0.15, 0.2) is 28.0 Å². The number of hydrogen-bond acceptors (Lipinski definition) is 5. The molecule has 0 amide bonds. The van der Waals surface area contributed by atoms with E-state index in [9.17, 15) is 16.8 Å². The summed E-state index contributed by atoms with van der Waals surface area (Å²) < 4.78 is 51.2. The fraction of sp³-hybridized carbons (Fsp3) is 0.600. The quantitative estimate of drug-likeness (QED) is 0.748. The van der Waals surface area contributed by atoms with Crippen LogP contribution in [-0.2, 0) is 19.9 Å². The van der Waals surface area contributed by atoms with Crippen molar-refractivity contribution in [2.45, 2.75) is 42.0 Å². The Bertz CT molecular complexity index is 790. The maximum absolute atomic E-state index is 12.6. The molecule has 0 radical (unpaired) electrons. The molecule has 6 nitrogen and oxygen atoms in total. The molecule has 2 rings (SSSR count).